The van der Waals surface area contributed by atoms with Crippen molar-refractivity contribution in [1.82, 2.24) is 15.0 Å². The molecule has 4 aromatic rings. The van der Waals surface area contributed by atoms with Crippen molar-refractivity contribution in [1.29, 1.82) is 0 Å². The third-order valence-electron chi connectivity index (χ3n) is 5.07. The van der Waals surface area contributed by atoms with Crippen LogP contribution < -0.4 is 10.2 Å². The molecule has 7 nitrogen and oxygen atoms in total. The van der Waals surface area contributed by atoms with Gasteiger partial charge in [0.05, 0.1) is 36.4 Å². The lowest BCUT2D eigenvalue weighted by Crippen LogP contribution is -2.36. The first kappa shape index (κ1) is 18.8. The van der Waals surface area contributed by atoms with Crippen LogP contribution in [0, 0.1) is 6.92 Å². The number of aryl methyl sites for hydroxylation is 1. The zero-order chi connectivity index (χ0) is 20.5. The molecule has 1 amide bonds. The van der Waals surface area contributed by atoms with Crippen LogP contribution >= 0.6 is 11.3 Å². The van der Waals surface area contributed by atoms with Crippen LogP contribution in [-0.4, -0.2) is 47.2 Å². The molecule has 0 bridgehead atoms. The molecule has 30 heavy (non-hydrogen) atoms. The topological polar surface area (TPSA) is 83.1 Å². The van der Waals surface area contributed by atoms with Gasteiger partial charge < -0.3 is 19.9 Å². The molecular weight excluding hydrogens is 398 g/mol. The number of hydrogen-bond donors (Lipinski definition) is 2. The maximum absolute atomic E-state index is 13.4. The van der Waals surface area contributed by atoms with Gasteiger partial charge in [0.2, 0.25) is 0 Å². The summed E-state index contributed by atoms with van der Waals surface area (Å²) in [5, 5.41) is 3.90. The summed E-state index contributed by atoms with van der Waals surface area (Å²) in [6, 6.07) is 13.8. The number of aromatic amines is 1. The molecule has 1 saturated heterocycles. The van der Waals surface area contributed by atoms with Crippen molar-refractivity contribution in [2.75, 3.05) is 36.5 Å². The minimum atomic E-state index is -0.180. The molecule has 0 atom stereocenters. The Bertz CT molecular complexity index is 1190. The average molecular weight is 420 g/mol. The molecule has 3 heterocycles. The van der Waals surface area contributed by atoms with Gasteiger partial charge in [0.15, 0.2) is 5.13 Å². The standard InChI is InChI=1S/C22H21N5O2S/c1-14-11-16-19(24-13-23-16)17(12-14)25-21(28)20-18(15-5-3-2-4-6-15)26-22(30-20)27-7-9-29-10-8-27/h2-6,11-13H,7-10H2,1H3,(H,23,24)(H,25,28). The summed E-state index contributed by atoms with van der Waals surface area (Å²) in [7, 11) is 0. The van der Waals surface area contributed by atoms with Crippen molar-refractivity contribution in [3.05, 3.63) is 59.2 Å². The van der Waals surface area contributed by atoms with Crippen molar-refractivity contribution >= 4 is 39.1 Å². The lowest BCUT2D eigenvalue weighted by molar-refractivity contribution is 0.103. The predicted octanol–water partition coefficient (Wildman–Crippen LogP) is 4.08. The van der Waals surface area contributed by atoms with E-state index in [1.165, 1.54) is 11.3 Å². The second-order valence-corrected chi connectivity index (χ2v) is 8.18. The molecule has 5 rings (SSSR count). The van der Waals surface area contributed by atoms with Crippen LogP contribution in [0.5, 0.6) is 0 Å². The fraction of sp³-hybridized carbons (Fsp3) is 0.227. The number of carbonyl (C=O) groups excluding carboxylic acids is 1. The number of hydrogen-bond acceptors (Lipinski definition) is 6. The summed E-state index contributed by atoms with van der Waals surface area (Å²) in [5.74, 6) is -0.180. The molecule has 0 radical (unpaired) electrons. The number of morpholine rings is 1. The van der Waals surface area contributed by atoms with E-state index >= 15 is 0 Å². The first-order chi connectivity index (χ1) is 14.7. The van der Waals surface area contributed by atoms with E-state index in [1.54, 1.807) is 6.33 Å². The largest absolute Gasteiger partial charge is 0.378 e. The molecule has 1 aliphatic heterocycles. The number of carbonyl (C=O) groups is 1. The van der Waals surface area contributed by atoms with Crippen molar-refractivity contribution in [2.24, 2.45) is 0 Å². The molecule has 2 N–H and O–H groups in total. The van der Waals surface area contributed by atoms with E-state index in [0.29, 0.717) is 29.5 Å². The fourth-order valence-corrected chi connectivity index (χ4v) is 4.65. The first-order valence-electron chi connectivity index (χ1n) is 9.83. The summed E-state index contributed by atoms with van der Waals surface area (Å²) >= 11 is 1.42. The van der Waals surface area contributed by atoms with Crippen molar-refractivity contribution in [3.63, 3.8) is 0 Å². The predicted molar refractivity (Wildman–Crippen MR) is 119 cm³/mol. The molecule has 2 aromatic carbocycles. The Morgan fingerprint density at radius 2 is 2.00 bits per heavy atom. The van der Waals surface area contributed by atoms with E-state index in [9.17, 15) is 4.79 Å². The summed E-state index contributed by atoms with van der Waals surface area (Å²) < 4.78 is 5.46. The van der Waals surface area contributed by atoms with Crippen molar-refractivity contribution in [3.8, 4) is 11.3 Å². The number of amides is 1. The van der Waals surface area contributed by atoms with Crippen LogP contribution in [-0.2, 0) is 4.74 Å². The molecule has 0 unspecified atom stereocenters. The normalized spacial score (nSPS) is 14.2. The third-order valence-corrected chi connectivity index (χ3v) is 6.18. The van der Waals surface area contributed by atoms with E-state index in [2.05, 4.69) is 20.2 Å². The van der Waals surface area contributed by atoms with Gasteiger partial charge in [0, 0.05) is 18.7 Å². The van der Waals surface area contributed by atoms with Crippen LogP contribution in [0.15, 0.2) is 48.8 Å². The molecule has 0 aliphatic carbocycles. The number of benzene rings is 2. The van der Waals surface area contributed by atoms with Crippen molar-refractivity contribution in [2.45, 2.75) is 6.92 Å². The van der Waals surface area contributed by atoms with Gasteiger partial charge in [-0.2, -0.15) is 0 Å². The third kappa shape index (κ3) is 3.55. The quantitative estimate of drug-likeness (QED) is 0.521. The molecule has 8 heteroatoms. The maximum atomic E-state index is 13.4. The SMILES string of the molecule is Cc1cc(NC(=O)c2sc(N3CCOCC3)nc2-c2ccccc2)c2nc[nH]c2c1. The number of nitrogens with zero attached hydrogens (tertiary/aromatic N) is 3. The number of aromatic nitrogens is 3. The maximum Gasteiger partial charge on any atom is 0.268 e. The minimum absolute atomic E-state index is 0.180. The van der Waals surface area contributed by atoms with Crippen LogP contribution in [0.4, 0.5) is 10.8 Å². The Morgan fingerprint density at radius 3 is 2.80 bits per heavy atom. The van der Waals surface area contributed by atoms with E-state index in [-0.39, 0.29) is 5.91 Å². The van der Waals surface area contributed by atoms with Gasteiger partial charge in [-0.1, -0.05) is 41.7 Å². The number of H-pyrrole nitrogens is 1. The number of thiazole rings is 1. The second kappa shape index (κ2) is 7.89. The Labute approximate surface area is 177 Å². The highest BCUT2D eigenvalue weighted by Gasteiger charge is 2.24. The summed E-state index contributed by atoms with van der Waals surface area (Å²) in [6.45, 7) is 4.88. The zero-order valence-electron chi connectivity index (χ0n) is 16.5. The summed E-state index contributed by atoms with van der Waals surface area (Å²) in [6.07, 6.45) is 1.64. The lowest BCUT2D eigenvalue weighted by Gasteiger charge is -2.26. The monoisotopic (exact) mass is 419 g/mol. The van der Waals surface area contributed by atoms with Gasteiger partial charge in [-0.15, -0.1) is 0 Å². The lowest BCUT2D eigenvalue weighted by atomic mass is 10.1. The molecule has 0 spiro atoms. The molecule has 0 saturated carbocycles. The van der Waals surface area contributed by atoms with Gasteiger partial charge in [-0.3, -0.25) is 4.79 Å². The van der Waals surface area contributed by atoms with Gasteiger partial charge in [0.25, 0.3) is 5.91 Å². The molecule has 152 valence electrons. The number of imidazole rings is 1. The summed E-state index contributed by atoms with van der Waals surface area (Å²) in [4.78, 5) is 28.4. The highest BCUT2D eigenvalue weighted by Crippen LogP contribution is 2.34. The molecule has 2 aromatic heterocycles. The number of ether oxygens (including phenoxy) is 1. The molecule has 1 aliphatic rings. The van der Waals surface area contributed by atoms with Crippen LogP contribution in [0.25, 0.3) is 22.3 Å². The smallest absolute Gasteiger partial charge is 0.268 e. The second-order valence-electron chi connectivity index (χ2n) is 7.20. The van der Waals surface area contributed by atoms with Crippen LogP contribution in [0.1, 0.15) is 15.2 Å². The van der Waals surface area contributed by atoms with Crippen LogP contribution in [0.2, 0.25) is 0 Å². The highest BCUT2D eigenvalue weighted by atomic mass is 32.1. The number of rotatable bonds is 4. The zero-order valence-corrected chi connectivity index (χ0v) is 17.3. The Hall–Kier alpha value is -3.23. The van der Waals surface area contributed by atoms with E-state index < -0.39 is 0 Å². The Kier molecular flexibility index (Phi) is 4.94. The van der Waals surface area contributed by atoms with Gasteiger partial charge in [-0.25, -0.2) is 9.97 Å². The van der Waals surface area contributed by atoms with E-state index in [4.69, 9.17) is 9.72 Å². The van der Waals surface area contributed by atoms with Crippen LogP contribution in [0.3, 0.4) is 0 Å². The number of anilines is 2. The molecular formula is C22H21N5O2S. The van der Waals surface area contributed by atoms with E-state index in [0.717, 1.165) is 40.4 Å². The fourth-order valence-electron chi connectivity index (χ4n) is 3.61. The Balaban J connectivity index is 1.54. The number of nitrogens with one attached hydrogen (secondary N) is 2. The van der Waals surface area contributed by atoms with Gasteiger partial charge in [0.1, 0.15) is 10.4 Å². The van der Waals surface area contributed by atoms with Gasteiger partial charge in [-0.05, 0) is 24.6 Å². The van der Waals surface area contributed by atoms with E-state index in [1.807, 2.05) is 49.4 Å². The Morgan fingerprint density at radius 1 is 1.20 bits per heavy atom. The van der Waals surface area contributed by atoms with Gasteiger partial charge >= 0.3 is 0 Å². The minimum Gasteiger partial charge on any atom is -0.378 e. The molecule has 1 fully saturated rings. The number of fused-ring (bicyclic) bond motifs is 1. The highest BCUT2D eigenvalue weighted by molar-refractivity contribution is 7.18. The summed E-state index contributed by atoms with van der Waals surface area (Å²) in [5.41, 5.74) is 5.00. The average Bonchev–Trinajstić information content (AvgIpc) is 3.42. The van der Waals surface area contributed by atoms with Crippen molar-refractivity contribution < 1.29 is 9.53 Å². The first-order valence-corrected chi connectivity index (χ1v) is 10.6.